The molecule has 33 heavy (non-hydrogen) atoms. The first-order chi connectivity index (χ1) is 15.3. The third kappa shape index (κ3) is 8.63. The Labute approximate surface area is 207 Å². The number of carbonyl (C=O) groups excluding carboxylic acids is 1. The number of aromatic nitrogens is 1. The van der Waals surface area contributed by atoms with Gasteiger partial charge in [0, 0.05) is 29.2 Å². The number of hydrogen-bond donors (Lipinski definition) is 3. The molecule has 2 aromatic rings. The number of primary amides is 1. The summed E-state index contributed by atoms with van der Waals surface area (Å²) in [5.41, 5.74) is 7.79. The minimum atomic E-state index is -0.413. The Kier molecular flexibility index (Phi) is 9.32. The van der Waals surface area contributed by atoms with Gasteiger partial charge in [-0.2, -0.15) is 0 Å². The summed E-state index contributed by atoms with van der Waals surface area (Å²) in [5.74, 6) is 0.820. The van der Waals surface area contributed by atoms with Crippen LogP contribution in [-0.4, -0.2) is 37.1 Å². The van der Waals surface area contributed by atoms with Gasteiger partial charge in [0.1, 0.15) is 11.6 Å². The van der Waals surface area contributed by atoms with Crippen molar-refractivity contribution in [2.45, 2.75) is 65.5 Å². The maximum atomic E-state index is 12.4. The number of nitrogens with two attached hydrogens (primary N) is 1. The molecule has 1 aromatic heterocycles. The fourth-order valence-electron chi connectivity index (χ4n) is 4.43. The van der Waals surface area contributed by atoms with Crippen LogP contribution in [0.5, 0.6) is 0 Å². The van der Waals surface area contributed by atoms with Crippen LogP contribution in [0.1, 0.15) is 64.5 Å². The second-order valence-corrected chi connectivity index (χ2v) is 11.6. The molecule has 1 atom stereocenters. The van der Waals surface area contributed by atoms with Gasteiger partial charge in [-0.15, -0.1) is 0 Å². The molecule has 1 unspecified atom stereocenters. The molecule has 1 amide bonds. The zero-order valence-electron chi connectivity index (χ0n) is 21.1. The minimum absolute atomic E-state index is 0.141. The first-order valence-corrected chi connectivity index (χ1v) is 12.3. The highest BCUT2D eigenvalue weighted by molar-refractivity contribution is 9.10. The Balaban J connectivity index is 2.42. The summed E-state index contributed by atoms with van der Waals surface area (Å²) < 4.78 is 1.06. The normalized spacial score (nSPS) is 13.0. The van der Waals surface area contributed by atoms with Crippen molar-refractivity contribution in [2.24, 2.45) is 11.1 Å². The highest BCUT2D eigenvalue weighted by Gasteiger charge is 2.29. The van der Waals surface area contributed by atoms with Gasteiger partial charge in [-0.3, -0.25) is 4.79 Å². The molecule has 1 aromatic carbocycles. The van der Waals surface area contributed by atoms with Crippen LogP contribution in [0.2, 0.25) is 0 Å². The van der Waals surface area contributed by atoms with E-state index in [9.17, 15) is 4.79 Å². The number of nitrogens with one attached hydrogen (secondary N) is 2. The number of pyridine rings is 1. The Morgan fingerprint density at radius 2 is 1.76 bits per heavy atom. The smallest absolute Gasteiger partial charge is 0.225 e. The molecular weight excluding hydrogens is 478 g/mol. The number of hydrogen-bond acceptors (Lipinski definition) is 5. The van der Waals surface area contributed by atoms with E-state index in [0.717, 1.165) is 34.6 Å². The van der Waals surface area contributed by atoms with E-state index in [-0.39, 0.29) is 16.9 Å². The summed E-state index contributed by atoms with van der Waals surface area (Å²) in [6.07, 6.45) is 1.56. The SMILES string of the molecule is CNCCC(C(N)=O)c1ccc(N(C)Cc2ccc(Br)cc2)nc1NC(C)(C)CC(C)(C)C. The molecule has 2 rings (SSSR count). The van der Waals surface area contributed by atoms with Gasteiger partial charge in [-0.1, -0.05) is 54.9 Å². The van der Waals surface area contributed by atoms with Crippen molar-refractivity contribution >= 4 is 33.5 Å². The van der Waals surface area contributed by atoms with Gasteiger partial charge in [0.25, 0.3) is 0 Å². The molecule has 0 fully saturated rings. The molecule has 0 aliphatic rings. The number of rotatable bonds is 11. The van der Waals surface area contributed by atoms with Gasteiger partial charge < -0.3 is 21.3 Å². The summed E-state index contributed by atoms with van der Waals surface area (Å²) in [6, 6.07) is 12.3. The topological polar surface area (TPSA) is 83.3 Å². The summed E-state index contributed by atoms with van der Waals surface area (Å²) in [6.45, 7) is 12.5. The number of nitrogens with zero attached hydrogens (tertiary/aromatic N) is 2. The quantitative estimate of drug-likeness (QED) is 0.377. The van der Waals surface area contributed by atoms with Crippen molar-refractivity contribution in [1.82, 2.24) is 10.3 Å². The fourth-order valence-corrected chi connectivity index (χ4v) is 4.69. The first-order valence-electron chi connectivity index (χ1n) is 11.5. The van der Waals surface area contributed by atoms with Gasteiger partial charge in [0.2, 0.25) is 5.91 Å². The molecule has 182 valence electrons. The van der Waals surface area contributed by atoms with E-state index in [1.54, 1.807) is 0 Å². The second kappa shape index (κ2) is 11.3. The largest absolute Gasteiger partial charge is 0.369 e. The van der Waals surface area contributed by atoms with Crippen molar-refractivity contribution in [2.75, 3.05) is 30.9 Å². The van der Waals surface area contributed by atoms with E-state index in [0.29, 0.717) is 13.0 Å². The van der Waals surface area contributed by atoms with Crippen LogP contribution in [0.3, 0.4) is 0 Å². The summed E-state index contributed by atoms with van der Waals surface area (Å²) in [4.78, 5) is 19.5. The Bertz CT molecular complexity index is 921. The molecule has 0 spiro atoms. The third-order valence-corrected chi connectivity index (χ3v) is 6.00. The fraction of sp³-hybridized carbons (Fsp3) is 0.538. The van der Waals surface area contributed by atoms with Crippen molar-refractivity contribution in [3.8, 4) is 0 Å². The van der Waals surface area contributed by atoms with Gasteiger partial charge >= 0.3 is 0 Å². The number of anilines is 2. The van der Waals surface area contributed by atoms with E-state index in [4.69, 9.17) is 10.7 Å². The van der Waals surface area contributed by atoms with Crippen LogP contribution >= 0.6 is 15.9 Å². The van der Waals surface area contributed by atoms with E-state index < -0.39 is 5.92 Å². The van der Waals surface area contributed by atoms with Crippen LogP contribution in [0.25, 0.3) is 0 Å². The van der Waals surface area contributed by atoms with E-state index >= 15 is 0 Å². The Morgan fingerprint density at radius 1 is 1.12 bits per heavy atom. The molecule has 7 heteroatoms. The van der Waals surface area contributed by atoms with Crippen LogP contribution in [0.4, 0.5) is 11.6 Å². The lowest BCUT2D eigenvalue weighted by Crippen LogP contribution is -2.37. The minimum Gasteiger partial charge on any atom is -0.369 e. The van der Waals surface area contributed by atoms with E-state index in [1.165, 1.54) is 5.56 Å². The van der Waals surface area contributed by atoms with E-state index in [2.05, 4.69) is 78.2 Å². The summed E-state index contributed by atoms with van der Waals surface area (Å²) in [5, 5.41) is 6.77. The predicted octanol–water partition coefficient (Wildman–Crippen LogP) is 5.29. The van der Waals surface area contributed by atoms with Gasteiger partial charge in [-0.25, -0.2) is 4.98 Å². The van der Waals surface area contributed by atoms with Crippen molar-refractivity contribution in [3.05, 3.63) is 52.0 Å². The van der Waals surface area contributed by atoms with Gasteiger partial charge in [0.05, 0.1) is 5.92 Å². The molecule has 6 nitrogen and oxygen atoms in total. The summed E-state index contributed by atoms with van der Waals surface area (Å²) in [7, 11) is 3.91. The van der Waals surface area contributed by atoms with Crippen molar-refractivity contribution in [1.29, 1.82) is 0 Å². The highest BCUT2D eigenvalue weighted by Crippen LogP contribution is 2.34. The molecule has 0 saturated heterocycles. The maximum absolute atomic E-state index is 12.4. The molecule has 0 radical (unpaired) electrons. The number of amides is 1. The highest BCUT2D eigenvalue weighted by atomic mass is 79.9. The zero-order chi connectivity index (χ0) is 24.8. The summed E-state index contributed by atoms with van der Waals surface area (Å²) >= 11 is 3.49. The second-order valence-electron chi connectivity index (χ2n) is 10.7. The number of carbonyl (C=O) groups is 1. The molecule has 0 saturated carbocycles. The predicted molar refractivity (Wildman–Crippen MR) is 143 cm³/mol. The zero-order valence-corrected chi connectivity index (χ0v) is 22.7. The lowest BCUT2D eigenvalue weighted by Gasteiger charge is -2.35. The third-order valence-electron chi connectivity index (χ3n) is 5.47. The average Bonchev–Trinajstić information content (AvgIpc) is 2.68. The molecule has 0 aliphatic carbocycles. The van der Waals surface area contributed by atoms with E-state index in [1.807, 2.05) is 38.4 Å². The molecule has 1 heterocycles. The van der Waals surface area contributed by atoms with Gasteiger partial charge in [0.15, 0.2) is 0 Å². The lowest BCUT2D eigenvalue weighted by atomic mass is 9.81. The molecule has 0 aliphatic heterocycles. The van der Waals surface area contributed by atoms with Crippen molar-refractivity contribution < 1.29 is 4.79 Å². The monoisotopic (exact) mass is 517 g/mol. The number of halogens is 1. The first kappa shape index (κ1) is 27.1. The Morgan fingerprint density at radius 3 is 2.30 bits per heavy atom. The van der Waals surface area contributed by atoms with Crippen LogP contribution in [0, 0.1) is 5.41 Å². The van der Waals surface area contributed by atoms with Crippen molar-refractivity contribution in [3.63, 3.8) is 0 Å². The molecule has 0 bridgehead atoms. The standard InChI is InChI=1S/C26H40BrN5O/c1-25(2,3)17-26(4,5)31-24-21(20(23(28)33)14-15-29-6)12-13-22(30-24)32(7)16-18-8-10-19(27)11-9-18/h8-13,20,29H,14-17H2,1-7H3,(H2,28,33)(H,30,31). The molecular formula is C26H40BrN5O. The average molecular weight is 519 g/mol. The van der Waals surface area contributed by atoms with Crippen LogP contribution in [-0.2, 0) is 11.3 Å². The Hall–Kier alpha value is -2.12. The van der Waals surface area contributed by atoms with Crippen LogP contribution < -0.4 is 21.3 Å². The van der Waals surface area contributed by atoms with Gasteiger partial charge in [-0.05, 0) is 69.5 Å². The number of benzene rings is 1. The lowest BCUT2D eigenvalue weighted by molar-refractivity contribution is -0.119. The molecule has 4 N–H and O–H groups in total. The van der Waals surface area contributed by atoms with Crippen LogP contribution in [0.15, 0.2) is 40.9 Å². The maximum Gasteiger partial charge on any atom is 0.225 e.